The molecule has 0 saturated carbocycles. The van der Waals surface area contributed by atoms with E-state index in [0.29, 0.717) is 12.4 Å². The summed E-state index contributed by atoms with van der Waals surface area (Å²) in [6, 6.07) is 7.31. The van der Waals surface area contributed by atoms with Gasteiger partial charge < -0.3 is 10.1 Å². The number of nitrogens with one attached hydrogen (secondary N) is 2. The van der Waals surface area contributed by atoms with Crippen molar-refractivity contribution in [2.24, 2.45) is 0 Å². The lowest BCUT2D eigenvalue weighted by Gasteiger charge is -2.10. The fraction of sp³-hybridized carbons (Fsp3) is 0.278. The van der Waals surface area contributed by atoms with Gasteiger partial charge in [-0.15, -0.1) is 0 Å². The van der Waals surface area contributed by atoms with Crippen molar-refractivity contribution in [1.29, 1.82) is 0 Å². The highest BCUT2D eigenvalue weighted by Crippen LogP contribution is 2.16. The fourth-order valence-corrected chi connectivity index (χ4v) is 2.36. The van der Waals surface area contributed by atoms with Crippen LogP contribution >= 0.6 is 0 Å². The van der Waals surface area contributed by atoms with Gasteiger partial charge in [0.15, 0.2) is 5.82 Å². The van der Waals surface area contributed by atoms with Crippen LogP contribution in [0.2, 0.25) is 0 Å². The van der Waals surface area contributed by atoms with Gasteiger partial charge in [-0.2, -0.15) is 5.10 Å². The van der Waals surface area contributed by atoms with Crippen LogP contribution in [0.4, 0.5) is 0 Å². The highest BCUT2D eigenvalue weighted by Gasteiger charge is 2.13. The van der Waals surface area contributed by atoms with Crippen molar-refractivity contribution in [1.82, 2.24) is 30.5 Å². The number of pyridine rings is 2. The van der Waals surface area contributed by atoms with Gasteiger partial charge in [0.2, 0.25) is 0 Å². The van der Waals surface area contributed by atoms with Gasteiger partial charge in [-0.3, -0.25) is 10.1 Å². The van der Waals surface area contributed by atoms with Gasteiger partial charge >= 0.3 is 5.97 Å². The zero-order valence-electron chi connectivity index (χ0n) is 14.9. The average molecular weight is 352 g/mol. The van der Waals surface area contributed by atoms with Crippen molar-refractivity contribution in [3.05, 3.63) is 59.3 Å². The van der Waals surface area contributed by atoms with Gasteiger partial charge in [0.05, 0.1) is 13.2 Å². The summed E-state index contributed by atoms with van der Waals surface area (Å²) in [4.78, 5) is 24.3. The summed E-state index contributed by atoms with van der Waals surface area (Å²) in [5, 5.41) is 10.5. The summed E-state index contributed by atoms with van der Waals surface area (Å²) in [5.41, 5.74) is 3.08. The molecule has 0 bridgehead atoms. The Balaban J connectivity index is 1.62. The topological polar surface area (TPSA) is 106 Å². The van der Waals surface area contributed by atoms with Gasteiger partial charge in [0, 0.05) is 18.9 Å². The first-order valence-corrected chi connectivity index (χ1v) is 8.19. The number of carbonyl (C=O) groups excluding carboxylic acids is 1. The van der Waals surface area contributed by atoms with E-state index in [1.165, 1.54) is 7.11 Å². The number of carbonyl (C=O) groups is 1. The van der Waals surface area contributed by atoms with Crippen molar-refractivity contribution in [3.63, 3.8) is 0 Å². The van der Waals surface area contributed by atoms with Crippen LogP contribution in [0.25, 0.3) is 11.5 Å². The molecule has 0 radical (unpaired) electrons. The largest absolute Gasteiger partial charge is 0.464 e. The zero-order valence-corrected chi connectivity index (χ0v) is 14.9. The molecule has 0 aliphatic carbocycles. The molecule has 0 aliphatic heterocycles. The van der Waals surface area contributed by atoms with Crippen molar-refractivity contribution >= 4 is 5.97 Å². The summed E-state index contributed by atoms with van der Waals surface area (Å²) in [6.45, 7) is 4.57. The average Bonchev–Trinajstić information content (AvgIpc) is 3.16. The van der Waals surface area contributed by atoms with Gasteiger partial charge in [-0.1, -0.05) is 6.07 Å². The van der Waals surface area contributed by atoms with Crippen LogP contribution < -0.4 is 5.32 Å². The minimum absolute atomic E-state index is 0.0404. The number of aromatic nitrogens is 5. The summed E-state index contributed by atoms with van der Waals surface area (Å²) in [6.07, 6.45) is 3.39. The number of ether oxygens (including phenoxy) is 1. The third kappa shape index (κ3) is 4.09. The number of esters is 1. The van der Waals surface area contributed by atoms with E-state index in [0.717, 1.165) is 22.6 Å². The number of aryl methyl sites for hydroxylation is 1. The normalized spacial score (nSPS) is 12.0. The van der Waals surface area contributed by atoms with E-state index in [1.807, 2.05) is 32.0 Å². The van der Waals surface area contributed by atoms with E-state index in [4.69, 9.17) is 0 Å². The number of methoxy groups -OCH3 is 1. The van der Waals surface area contributed by atoms with Crippen LogP contribution in [0.15, 0.2) is 36.7 Å². The van der Waals surface area contributed by atoms with Crippen LogP contribution in [0.5, 0.6) is 0 Å². The molecule has 1 atom stereocenters. The summed E-state index contributed by atoms with van der Waals surface area (Å²) < 4.78 is 4.64. The Bertz CT molecular complexity index is 891. The number of nitrogens with zero attached hydrogens (tertiary/aromatic N) is 4. The predicted molar refractivity (Wildman–Crippen MR) is 95.2 cm³/mol. The van der Waals surface area contributed by atoms with E-state index < -0.39 is 5.97 Å². The Labute approximate surface area is 151 Å². The van der Waals surface area contributed by atoms with Gasteiger partial charge in [-0.25, -0.2) is 14.8 Å². The molecular formula is C18H20N6O2. The van der Waals surface area contributed by atoms with Crippen molar-refractivity contribution in [2.45, 2.75) is 26.4 Å². The Morgan fingerprint density at radius 3 is 2.85 bits per heavy atom. The molecule has 3 rings (SSSR count). The molecule has 0 spiro atoms. The van der Waals surface area contributed by atoms with E-state index in [-0.39, 0.29) is 11.7 Å². The molecule has 2 N–H and O–H groups in total. The van der Waals surface area contributed by atoms with Crippen LogP contribution in [0, 0.1) is 6.92 Å². The highest BCUT2D eigenvalue weighted by atomic mass is 16.5. The molecule has 8 heteroatoms. The Morgan fingerprint density at radius 2 is 2.15 bits per heavy atom. The summed E-state index contributed by atoms with van der Waals surface area (Å²) in [7, 11) is 1.33. The smallest absolute Gasteiger partial charge is 0.356 e. The summed E-state index contributed by atoms with van der Waals surface area (Å²) >= 11 is 0. The summed E-state index contributed by atoms with van der Waals surface area (Å²) in [5.74, 6) is 0.848. The molecule has 8 nitrogen and oxygen atoms in total. The molecule has 3 aromatic heterocycles. The number of rotatable bonds is 6. The molecule has 0 amide bonds. The lowest BCUT2D eigenvalue weighted by molar-refractivity contribution is 0.0594. The third-order valence-corrected chi connectivity index (χ3v) is 3.89. The van der Waals surface area contributed by atoms with E-state index in [1.54, 1.807) is 18.5 Å². The Kier molecular flexibility index (Phi) is 5.33. The van der Waals surface area contributed by atoms with Crippen LogP contribution in [-0.4, -0.2) is 38.2 Å². The SMILES string of the molecule is COC(=O)c1ccc(CNC(C)c2nc(-c3cc(C)ccn3)n[nH]2)cn1. The number of H-pyrrole nitrogens is 1. The van der Waals surface area contributed by atoms with Crippen molar-refractivity contribution < 1.29 is 9.53 Å². The second-order valence-electron chi connectivity index (χ2n) is 5.91. The quantitative estimate of drug-likeness (QED) is 0.655. The lowest BCUT2D eigenvalue weighted by atomic mass is 10.2. The van der Waals surface area contributed by atoms with Crippen molar-refractivity contribution in [3.8, 4) is 11.5 Å². The zero-order chi connectivity index (χ0) is 18.5. The standard InChI is InChI=1S/C18H20N6O2/c1-11-6-7-19-15(8-11)17-22-16(23-24-17)12(2)20-9-13-4-5-14(21-10-13)18(25)26-3/h4-8,10,12,20H,9H2,1-3H3,(H,22,23,24). The first-order valence-electron chi connectivity index (χ1n) is 8.19. The minimum atomic E-state index is -0.447. The monoisotopic (exact) mass is 352 g/mol. The molecule has 26 heavy (non-hydrogen) atoms. The lowest BCUT2D eigenvalue weighted by Crippen LogP contribution is -2.19. The van der Waals surface area contributed by atoms with Crippen LogP contribution in [0.1, 0.15) is 40.4 Å². The Hall–Kier alpha value is -3.13. The number of aromatic amines is 1. The van der Waals surface area contributed by atoms with E-state index in [2.05, 4.69) is 35.2 Å². The second kappa shape index (κ2) is 7.83. The molecule has 0 saturated heterocycles. The predicted octanol–water partition coefficient (Wildman–Crippen LogP) is 2.21. The molecule has 134 valence electrons. The van der Waals surface area contributed by atoms with Gasteiger partial charge in [-0.05, 0) is 43.2 Å². The number of hydrogen-bond acceptors (Lipinski definition) is 7. The molecule has 1 unspecified atom stereocenters. The van der Waals surface area contributed by atoms with Crippen molar-refractivity contribution in [2.75, 3.05) is 7.11 Å². The van der Waals surface area contributed by atoms with Crippen LogP contribution in [0.3, 0.4) is 0 Å². The molecule has 3 aromatic rings. The maximum Gasteiger partial charge on any atom is 0.356 e. The maximum absolute atomic E-state index is 11.4. The van der Waals surface area contributed by atoms with Gasteiger partial charge in [0.25, 0.3) is 0 Å². The number of hydrogen-bond donors (Lipinski definition) is 2. The molecule has 0 fully saturated rings. The van der Waals surface area contributed by atoms with Crippen LogP contribution in [-0.2, 0) is 11.3 Å². The van der Waals surface area contributed by atoms with Gasteiger partial charge in [0.1, 0.15) is 17.2 Å². The van der Waals surface area contributed by atoms with E-state index >= 15 is 0 Å². The molecular weight excluding hydrogens is 332 g/mol. The fourth-order valence-electron chi connectivity index (χ4n) is 2.36. The first kappa shape index (κ1) is 17.7. The Morgan fingerprint density at radius 1 is 1.31 bits per heavy atom. The molecule has 3 heterocycles. The second-order valence-corrected chi connectivity index (χ2v) is 5.91. The molecule has 0 aliphatic rings. The first-order chi connectivity index (χ1) is 12.6. The maximum atomic E-state index is 11.4. The van der Waals surface area contributed by atoms with E-state index in [9.17, 15) is 4.79 Å². The highest BCUT2D eigenvalue weighted by molar-refractivity contribution is 5.86. The minimum Gasteiger partial charge on any atom is -0.464 e. The third-order valence-electron chi connectivity index (χ3n) is 3.89. The molecule has 0 aromatic carbocycles.